The number of piperazine rings is 1. The number of hydrogen-bond acceptors (Lipinski definition) is 4. The SMILES string of the molecule is CC(=O)N1CCN(C(=O)c2csc(C)n2)C(C)(C)C1. The van der Waals surface area contributed by atoms with Crippen molar-refractivity contribution < 1.29 is 9.59 Å². The first-order valence-electron chi connectivity index (χ1n) is 6.31. The maximum Gasteiger partial charge on any atom is 0.273 e. The first kappa shape index (κ1) is 14.0. The van der Waals surface area contributed by atoms with E-state index in [0.717, 1.165) is 5.01 Å². The fourth-order valence-corrected chi connectivity index (χ4v) is 2.99. The molecule has 6 heteroatoms. The average molecular weight is 281 g/mol. The smallest absolute Gasteiger partial charge is 0.273 e. The zero-order chi connectivity index (χ0) is 14.2. The number of nitrogens with zero attached hydrogens (tertiary/aromatic N) is 3. The molecule has 1 aliphatic rings. The molecule has 0 radical (unpaired) electrons. The largest absolute Gasteiger partial charge is 0.339 e. The molecular formula is C13H19N3O2S. The van der Waals surface area contributed by atoms with Crippen LogP contribution in [0.1, 0.15) is 36.3 Å². The number of carbonyl (C=O) groups excluding carboxylic acids is 2. The van der Waals surface area contributed by atoms with Crippen molar-refractivity contribution in [3.05, 3.63) is 16.1 Å². The van der Waals surface area contributed by atoms with Crippen LogP contribution in [-0.2, 0) is 4.79 Å². The zero-order valence-corrected chi connectivity index (χ0v) is 12.6. The predicted molar refractivity (Wildman–Crippen MR) is 74.2 cm³/mol. The third-order valence-electron chi connectivity index (χ3n) is 3.43. The Labute approximate surface area is 117 Å². The number of thiazole rings is 1. The van der Waals surface area contributed by atoms with Crippen molar-refractivity contribution in [3.8, 4) is 0 Å². The van der Waals surface area contributed by atoms with Crippen molar-refractivity contribution in [1.82, 2.24) is 14.8 Å². The topological polar surface area (TPSA) is 53.5 Å². The third-order valence-corrected chi connectivity index (χ3v) is 4.20. The van der Waals surface area contributed by atoms with Gasteiger partial charge in [0.2, 0.25) is 5.91 Å². The Morgan fingerprint density at radius 1 is 1.37 bits per heavy atom. The summed E-state index contributed by atoms with van der Waals surface area (Å²) in [5.41, 5.74) is 0.144. The second kappa shape index (κ2) is 4.92. The summed E-state index contributed by atoms with van der Waals surface area (Å²) in [6, 6.07) is 0. The van der Waals surface area contributed by atoms with E-state index in [1.807, 2.05) is 25.7 Å². The summed E-state index contributed by atoms with van der Waals surface area (Å²) < 4.78 is 0. The highest BCUT2D eigenvalue weighted by atomic mass is 32.1. The summed E-state index contributed by atoms with van der Waals surface area (Å²) in [7, 11) is 0. The lowest BCUT2D eigenvalue weighted by Gasteiger charge is -2.46. The van der Waals surface area contributed by atoms with E-state index < -0.39 is 0 Å². The number of aryl methyl sites for hydroxylation is 1. The van der Waals surface area contributed by atoms with Gasteiger partial charge in [0.15, 0.2) is 0 Å². The van der Waals surface area contributed by atoms with E-state index in [-0.39, 0.29) is 17.4 Å². The van der Waals surface area contributed by atoms with Gasteiger partial charge in [0.1, 0.15) is 5.69 Å². The molecule has 0 spiro atoms. The second-order valence-corrected chi connectivity index (χ2v) is 6.52. The molecule has 2 heterocycles. The molecule has 2 amide bonds. The molecule has 0 aliphatic carbocycles. The van der Waals surface area contributed by atoms with Crippen LogP contribution in [0.2, 0.25) is 0 Å². The molecule has 0 aromatic carbocycles. The van der Waals surface area contributed by atoms with Crippen LogP contribution in [0.5, 0.6) is 0 Å². The van der Waals surface area contributed by atoms with Crippen LogP contribution in [0.25, 0.3) is 0 Å². The van der Waals surface area contributed by atoms with Gasteiger partial charge >= 0.3 is 0 Å². The highest BCUT2D eigenvalue weighted by molar-refractivity contribution is 7.09. The Hall–Kier alpha value is -1.43. The minimum absolute atomic E-state index is 0.0439. The van der Waals surface area contributed by atoms with E-state index in [2.05, 4.69) is 4.98 Å². The average Bonchev–Trinajstić information content (AvgIpc) is 2.73. The Morgan fingerprint density at radius 3 is 2.53 bits per heavy atom. The fraction of sp³-hybridized carbons (Fsp3) is 0.615. The van der Waals surface area contributed by atoms with E-state index in [9.17, 15) is 9.59 Å². The summed E-state index contributed by atoms with van der Waals surface area (Å²) >= 11 is 1.48. The van der Waals surface area contributed by atoms with Gasteiger partial charge in [-0.3, -0.25) is 9.59 Å². The van der Waals surface area contributed by atoms with Crippen molar-refractivity contribution in [3.63, 3.8) is 0 Å². The Kier molecular flexibility index (Phi) is 3.62. The number of amides is 2. The highest BCUT2D eigenvalue weighted by Crippen LogP contribution is 2.23. The number of hydrogen-bond donors (Lipinski definition) is 0. The molecule has 1 aromatic heterocycles. The Bertz CT molecular complexity index is 510. The van der Waals surface area contributed by atoms with Crippen LogP contribution < -0.4 is 0 Å². The third kappa shape index (κ3) is 2.78. The molecule has 1 aliphatic heterocycles. The molecule has 0 N–H and O–H groups in total. The number of rotatable bonds is 1. The summed E-state index contributed by atoms with van der Waals surface area (Å²) in [6.07, 6.45) is 0. The van der Waals surface area contributed by atoms with E-state index in [4.69, 9.17) is 0 Å². The normalized spacial score (nSPS) is 18.5. The van der Waals surface area contributed by atoms with Crippen LogP contribution in [0.15, 0.2) is 5.38 Å². The Balaban J connectivity index is 2.17. The molecule has 19 heavy (non-hydrogen) atoms. The molecule has 2 rings (SSSR count). The lowest BCUT2D eigenvalue weighted by atomic mass is 9.98. The molecule has 1 aromatic rings. The van der Waals surface area contributed by atoms with E-state index in [0.29, 0.717) is 25.3 Å². The van der Waals surface area contributed by atoms with E-state index in [1.165, 1.54) is 11.3 Å². The van der Waals surface area contributed by atoms with E-state index in [1.54, 1.807) is 17.2 Å². The zero-order valence-electron chi connectivity index (χ0n) is 11.8. The maximum absolute atomic E-state index is 12.5. The minimum Gasteiger partial charge on any atom is -0.339 e. The monoisotopic (exact) mass is 281 g/mol. The predicted octanol–water partition coefficient (Wildman–Crippen LogP) is 1.53. The van der Waals surface area contributed by atoms with Gasteiger partial charge in [0, 0.05) is 31.9 Å². The first-order valence-corrected chi connectivity index (χ1v) is 7.19. The maximum atomic E-state index is 12.5. The Morgan fingerprint density at radius 2 is 2.05 bits per heavy atom. The van der Waals surface area contributed by atoms with Gasteiger partial charge in [-0.05, 0) is 20.8 Å². The molecule has 1 saturated heterocycles. The summed E-state index contributed by atoms with van der Waals surface area (Å²) in [5, 5.41) is 2.69. The van der Waals surface area contributed by atoms with Gasteiger partial charge in [0.05, 0.1) is 10.5 Å². The van der Waals surface area contributed by atoms with E-state index >= 15 is 0 Å². The lowest BCUT2D eigenvalue weighted by Crippen LogP contribution is -2.61. The summed E-state index contributed by atoms with van der Waals surface area (Å²) in [6.45, 7) is 9.14. The van der Waals surface area contributed by atoms with Crippen LogP contribution in [0.3, 0.4) is 0 Å². The second-order valence-electron chi connectivity index (χ2n) is 5.46. The summed E-state index contributed by atoms with van der Waals surface area (Å²) in [4.78, 5) is 31.8. The van der Waals surface area contributed by atoms with Crippen LogP contribution in [0.4, 0.5) is 0 Å². The lowest BCUT2D eigenvalue weighted by molar-refractivity contribution is -0.133. The van der Waals surface area contributed by atoms with Crippen molar-refractivity contribution in [2.75, 3.05) is 19.6 Å². The number of aromatic nitrogens is 1. The quantitative estimate of drug-likeness (QED) is 0.784. The fourth-order valence-electron chi connectivity index (χ4n) is 2.40. The van der Waals surface area contributed by atoms with Crippen LogP contribution in [-0.4, -0.2) is 51.8 Å². The molecule has 0 bridgehead atoms. The van der Waals surface area contributed by atoms with Gasteiger partial charge in [-0.15, -0.1) is 11.3 Å². The van der Waals surface area contributed by atoms with Crippen LogP contribution in [0, 0.1) is 6.92 Å². The molecule has 1 fully saturated rings. The molecule has 0 atom stereocenters. The van der Waals surface area contributed by atoms with Gasteiger partial charge in [-0.2, -0.15) is 0 Å². The highest BCUT2D eigenvalue weighted by Gasteiger charge is 2.38. The number of carbonyl (C=O) groups is 2. The standard InChI is InChI=1S/C13H19N3O2S/c1-9-14-11(7-19-9)12(18)16-6-5-15(10(2)17)8-13(16,3)4/h7H,5-6,8H2,1-4H3. The van der Waals surface area contributed by atoms with Gasteiger partial charge in [-0.25, -0.2) is 4.98 Å². The van der Waals surface area contributed by atoms with Gasteiger partial charge < -0.3 is 9.80 Å². The molecular weight excluding hydrogens is 262 g/mol. The first-order chi connectivity index (χ1) is 8.81. The van der Waals surface area contributed by atoms with Gasteiger partial charge in [0.25, 0.3) is 5.91 Å². The van der Waals surface area contributed by atoms with Crippen molar-refractivity contribution in [2.24, 2.45) is 0 Å². The van der Waals surface area contributed by atoms with Crippen molar-refractivity contribution in [2.45, 2.75) is 33.2 Å². The molecule has 104 valence electrons. The minimum atomic E-state index is -0.363. The van der Waals surface area contributed by atoms with Crippen LogP contribution >= 0.6 is 11.3 Å². The molecule has 0 saturated carbocycles. The van der Waals surface area contributed by atoms with Gasteiger partial charge in [-0.1, -0.05) is 0 Å². The summed E-state index contributed by atoms with van der Waals surface area (Å²) in [5.74, 6) is 0.0160. The van der Waals surface area contributed by atoms with Crippen molar-refractivity contribution in [1.29, 1.82) is 0 Å². The molecule has 5 nitrogen and oxygen atoms in total. The molecule has 0 unspecified atom stereocenters. The van der Waals surface area contributed by atoms with Crippen molar-refractivity contribution >= 4 is 23.2 Å².